The quantitative estimate of drug-likeness (QED) is 0.556. The topological polar surface area (TPSA) is 28.2 Å². The van der Waals surface area contributed by atoms with E-state index < -0.39 is 0 Å². The number of para-hydroxylation sites is 1. The Balaban J connectivity index is 1.38. The largest absolute Gasteiger partial charge is 0.382 e. The van der Waals surface area contributed by atoms with Gasteiger partial charge in [0.05, 0.1) is 5.69 Å². The number of hydrogen-bond donors (Lipinski definition) is 1. The third-order valence-corrected chi connectivity index (χ3v) is 6.29. The van der Waals surface area contributed by atoms with Crippen molar-refractivity contribution in [2.45, 2.75) is 39.3 Å². The number of benzene rings is 2. The molecular formula is C25H28ClN3. The lowest BCUT2D eigenvalue weighted by atomic mass is 10.0. The number of nitrogens with zero attached hydrogens (tertiary/aromatic N) is 2. The molecule has 3 nitrogen and oxygen atoms in total. The van der Waals surface area contributed by atoms with Gasteiger partial charge in [0.2, 0.25) is 0 Å². The van der Waals surface area contributed by atoms with Crippen molar-refractivity contribution in [3.63, 3.8) is 0 Å². The maximum atomic E-state index is 6.33. The molecule has 0 amide bonds. The SMILES string of the molecule is Cc1cc(-c2cc(CN3CCC(Nc4ccccc4)CC3)ccn2)cc(C)c1Cl. The summed E-state index contributed by atoms with van der Waals surface area (Å²) < 4.78 is 0. The Hall–Kier alpha value is -2.36. The van der Waals surface area contributed by atoms with Gasteiger partial charge in [0, 0.05) is 48.1 Å². The smallest absolute Gasteiger partial charge is 0.0705 e. The molecule has 0 atom stereocenters. The van der Waals surface area contributed by atoms with Crippen LogP contribution in [0.5, 0.6) is 0 Å². The molecule has 150 valence electrons. The molecule has 1 saturated heterocycles. The fraction of sp³-hybridized carbons (Fsp3) is 0.320. The van der Waals surface area contributed by atoms with Crippen molar-refractivity contribution < 1.29 is 0 Å². The van der Waals surface area contributed by atoms with E-state index in [-0.39, 0.29) is 0 Å². The maximum Gasteiger partial charge on any atom is 0.0705 e. The highest BCUT2D eigenvalue weighted by molar-refractivity contribution is 6.32. The zero-order valence-corrected chi connectivity index (χ0v) is 17.9. The first-order chi connectivity index (χ1) is 14.1. The molecule has 0 unspecified atom stereocenters. The van der Waals surface area contributed by atoms with Crippen molar-refractivity contribution in [3.05, 3.63) is 82.5 Å². The van der Waals surface area contributed by atoms with Gasteiger partial charge in [-0.15, -0.1) is 0 Å². The molecule has 2 heterocycles. The Morgan fingerprint density at radius 3 is 2.38 bits per heavy atom. The molecule has 3 aromatic rings. The van der Waals surface area contributed by atoms with Crippen LogP contribution in [-0.2, 0) is 6.54 Å². The fourth-order valence-electron chi connectivity index (χ4n) is 4.09. The van der Waals surface area contributed by atoms with Gasteiger partial charge < -0.3 is 5.32 Å². The number of likely N-dealkylation sites (tertiary alicyclic amines) is 1. The minimum Gasteiger partial charge on any atom is -0.382 e. The first-order valence-corrected chi connectivity index (χ1v) is 10.7. The molecule has 2 aromatic carbocycles. The van der Waals surface area contributed by atoms with Gasteiger partial charge in [-0.2, -0.15) is 0 Å². The standard InChI is InChI=1S/C25H28ClN3/c1-18-14-21(15-19(2)25(18)26)24-16-20(8-11-27-24)17-29-12-9-23(10-13-29)28-22-6-4-3-5-7-22/h3-8,11,14-16,23,28H,9-10,12-13,17H2,1-2H3. The van der Waals surface area contributed by atoms with Crippen LogP contribution < -0.4 is 5.32 Å². The molecule has 1 aromatic heterocycles. The van der Waals surface area contributed by atoms with Crippen molar-refractivity contribution >= 4 is 17.3 Å². The average Bonchev–Trinajstić information content (AvgIpc) is 2.74. The van der Waals surface area contributed by atoms with Gasteiger partial charge in [-0.1, -0.05) is 29.8 Å². The van der Waals surface area contributed by atoms with Gasteiger partial charge in [0.25, 0.3) is 0 Å². The van der Waals surface area contributed by atoms with Crippen LogP contribution in [0.25, 0.3) is 11.3 Å². The van der Waals surface area contributed by atoms with E-state index in [2.05, 4.69) is 83.6 Å². The molecule has 0 saturated carbocycles. The Morgan fingerprint density at radius 2 is 1.69 bits per heavy atom. The Morgan fingerprint density at radius 1 is 1.00 bits per heavy atom. The predicted molar refractivity (Wildman–Crippen MR) is 123 cm³/mol. The van der Waals surface area contributed by atoms with Crippen molar-refractivity contribution in [1.82, 2.24) is 9.88 Å². The van der Waals surface area contributed by atoms with E-state index in [9.17, 15) is 0 Å². The van der Waals surface area contributed by atoms with Crippen LogP contribution in [-0.4, -0.2) is 29.0 Å². The second-order valence-electron chi connectivity index (χ2n) is 8.03. The van der Waals surface area contributed by atoms with E-state index in [4.69, 9.17) is 11.6 Å². The highest BCUT2D eigenvalue weighted by Gasteiger charge is 2.19. The summed E-state index contributed by atoms with van der Waals surface area (Å²) in [4.78, 5) is 7.14. The number of piperidine rings is 1. The number of hydrogen-bond acceptors (Lipinski definition) is 3. The van der Waals surface area contributed by atoms with E-state index in [0.29, 0.717) is 6.04 Å². The van der Waals surface area contributed by atoms with E-state index in [1.165, 1.54) is 24.1 Å². The number of pyridine rings is 1. The molecule has 0 bridgehead atoms. The van der Waals surface area contributed by atoms with Gasteiger partial charge in [-0.05, 0) is 79.8 Å². The lowest BCUT2D eigenvalue weighted by Crippen LogP contribution is -2.38. The van der Waals surface area contributed by atoms with E-state index in [0.717, 1.165) is 47.0 Å². The highest BCUT2D eigenvalue weighted by atomic mass is 35.5. The molecule has 0 radical (unpaired) electrons. The second-order valence-corrected chi connectivity index (χ2v) is 8.41. The summed E-state index contributed by atoms with van der Waals surface area (Å²) in [6.07, 6.45) is 4.26. The van der Waals surface area contributed by atoms with Gasteiger partial charge in [-0.3, -0.25) is 9.88 Å². The number of nitrogens with one attached hydrogen (secondary N) is 1. The summed E-state index contributed by atoms with van der Waals surface area (Å²) in [5.41, 5.74) is 6.89. The summed E-state index contributed by atoms with van der Waals surface area (Å²) >= 11 is 6.33. The summed E-state index contributed by atoms with van der Waals surface area (Å²) in [6, 6.07) is 19.7. The molecule has 29 heavy (non-hydrogen) atoms. The van der Waals surface area contributed by atoms with E-state index in [1.807, 2.05) is 6.20 Å². The Labute approximate surface area is 178 Å². The predicted octanol–water partition coefficient (Wildman–Crippen LogP) is 6.10. The molecule has 1 aliphatic rings. The van der Waals surface area contributed by atoms with Crippen molar-refractivity contribution in [1.29, 1.82) is 0 Å². The van der Waals surface area contributed by atoms with Gasteiger partial charge >= 0.3 is 0 Å². The number of aromatic nitrogens is 1. The first-order valence-electron chi connectivity index (χ1n) is 10.3. The number of anilines is 1. The third kappa shape index (κ3) is 4.98. The summed E-state index contributed by atoms with van der Waals surface area (Å²) in [7, 11) is 0. The van der Waals surface area contributed by atoms with Crippen LogP contribution in [0.1, 0.15) is 29.5 Å². The first kappa shape index (κ1) is 19.9. The second kappa shape index (κ2) is 8.98. The fourth-order valence-corrected chi connectivity index (χ4v) is 4.20. The van der Waals surface area contributed by atoms with Crippen LogP contribution in [0.2, 0.25) is 5.02 Å². The van der Waals surface area contributed by atoms with E-state index >= 15 is 0 Å². The van der Waals surface area contributed by atoms with Crippen LogP contribution in [0.4, 0.5) is 5.69 Å². The summed E-state index contributed by atoms with van der Waals surface area (Å²) in [5.74, 6) is 0. The highest BCUT2D eigenvalue weighted by Crippen LogP contribution is 2.28. The Bertz CT molecular complexity index is 940. The number of halogens is 1. The zero-order valence-electron chi connectivity index (χ0n) is 17.2. The number of rotatable bonds is 5. The summed E-state index contributed by atoms with van der Waals surface area (Å²) in [5, 5.41) is 4.51. The normalized spacial score (nSPS) is 15.4. The van der Waals surface area contributed by atoms with Crippen LogP contribution in [0.15, 0.2) is 60.8 Å². The van der Waals surface area contributed by atoms with Gasteiger partial charge in [-0.25, -0.2) is 0 Å². The average molecular weight is 406 g/mol. The molecular weight excluding hydrogens is 378 g/mol. The van der Waals surface area contributed by atoms with Crippen molar-refractivity contribution in [3.8, 4) is 11.3 Å². The third-order valence-electron chi connectivity index (χ3n) is 5.69. The molecule has 4 rings (SSSR count). The minimum absolute atomic E-state index is 0.557. The maximum absolute atomic E-state index is 6.33. The molecule has 4 heteroatoms. The molecule has 0 spiro atoms. The van der Waals surface area contributed by atoms with Gasteiger partial charge in [0.1, 0.15) is 0 Å². The molecule has 1 N–H and O–H groups in total. The Kier molecular flexibility index (Phi) is 6.17. The lowest BCUT2D eigenvalue weighted by Gasteiger charge is -2.33. The number of aryl methyl sites for hydroxylation is 2. The van der Waals surface area contributed by atoms with E-state index in [1.54, 1.807) is 0 Å². The van der Waals surface area contributed by atoms with Crippen molar-refractivity contribution in [2.75, 3.05) is 18.4 Å². The minimum atomic E-state index is 0.557. The van der Waals surface area contributed by atoms with Crippen LogP contribution >= 0.6 is 11.6 Å². The molecule has 1 fully saturated rings. The lowest BCUT2D eigenvalue weighted by molar-refractivity contribution is 0.211. The summed E-state index contributed by atoms with van der Waals surface area (Å²) in [6.45, 7) is 7.30. The van der Waals surface area contributed by atoms with Gasteiger partial charge in [0.15, 0.2) is 0 Å². The van der Waals surface area contributed by atoms with Crippen LogP contribution in [0, 0.1) is 13.8 Å². The molecule has 0 aliphatic carbocycles. The van der Waals surface area contributed by atoms with Crippen LogP contribution in [0.3, 0.4) is 0 Å². The van der Waals surface area contributed by atoms with Crippen molar-refractivity contribution in [2.24, 2.45) is 0 Å². The molecule has 1 aliphatic heterocycles. The monoisotopic (exact) mass is 405 g/mol. The zero-order chi connectivity index (χ0) is 20.2.